The minimum atomic E-state index is -1.38. The summed E-state index contributed by atoms with van der Waals surface area (Å²) in [4.78, 5) is 54.6. The number of nitrogens with one attached hydrogen (secondary N) is 6. The third-order valence-electron chi connectivity index (χ3n) is 9.06. The van der Waals surface area contributed by atoms with Crippen molar-refractivity contribution in [3.63, 3.8) is 0 Å². The van der Waals surface area contributed by atoms with Gasteiger partial charge in [0, 0.05) is 18.5 Å². The zero-order valence-electron chi connectivity index (χ0n) is 25.5. The first-order valence-corrected chi connectivity index (χ1v) is 15.8. The van der Waals surface area contributed by atoms with Crippen LogP contribution in [0.4, 0.5) is 4.79 Å². The summed E-state index contributed by atoms with van der Waals surface area (Å²) in [6, 6.07) is -1.87. The Morgan fingerprint density at radius 1 is 1.12 bits per heavy atom. The average molecular weight is 605 g/mol. The number of hydrogen-bond acceptors (Lipinski definition) is 10. The summed E-state index contributed by atoms with van der Waals surface area (Å²) in [6.45, 7) is 6.43. The summed E-state index contributed by atoms with van der Waals surface area (Å²) >= 11 is 0. The van der Waals surface area contributed by atoms with Crippen LogP contribution in [0.15, 0.2) is 12.2 Å². The van der Waals surface area contributed by atoms with Gasteiger partial charge in [0.2, 0.25) is 11.8 Å². The first kappa shape index (κ1) is 31.6. The van der Waals surface area contributed by atoms with Gasteiger partial charge in [-0.2, -0.15) is 10.7 Å². The molecule has 7 atom stereocenters. The normalized spacial score (nSPS) is 36.9. The van der Waals surface area contributed by atoms with E-state index in [1.54, 1.807) is 25.9 Å². The number of carboxylic acid groups (broad SMARTS) is 1. The van der Waals surface area contributed by atoms with Crippen molar-refractivity contribution in [2.75, 3.05) is 13.1 Å². The number of alkyl carbamates (subject to hydrolysis) is 1. The topological polar surface area (TPSA) is 176 Å². The van der Waals surface area contributed by atoms with E-state index in [1.807, 2.05) is 12.2 Å². The SMILES string of the molecule is CC(C)(C)OC(=O)N[C@@H]1CCCCC/C=C\[C@@H]2C[C@]2(C(=O)O)NC(=O)[C@@H]2C[C@H](N3NNC(C4CCCCN4)N3)CN2C1=O. The van der Waals surface area contributed by atoms with Gasteiger partial charge in [0.15, 0.2) is 0 Å². The van der Waals surface area contributed by atoms with Crippen molar-refractivity contribution in [3.05, 3.63) is 12.2 Å². The summed E-state index contributed by atoms with van der Waals surface area (Å²) < 4.78 is 5.46. The van der Waals surface area contributed by atoms with E-state index in [2.05, 4.69) is 32.3 Å². The minimum Gasteiger partial charge on any atom is -0.479 e. The van der Waals surface area contributed by atoms with Crippen LogP contribution in [0, 0.1) is 5.92 Å². The predicted octanol–water partition coefficient (Wildman–Crippen LogP) is 0.627. The fourth-order valence-corrected chi connectivity index (χ4v) is 6.62. The van der Waals surface area contributed by atoms with Gasteiger partial charge in [-0.25, -0.2) is 20.4 Å². The predicted molar refractivity (Wildman–Crippen MR) is 157 cm³/mol. The number of allylic oxidation sites excluding steroid dienone is 1. The number of aliphatic carboxylic acids is 1. The van der Waals surface area contributed by atoms with E-state index in [9.17, 15) is 24.3 Å². The number of carbonyl (C=O) groups excluding carboxylic acids is 3. The Balaban J connectivity index is 1.37. The number of ether oxygens (including phenoxy) is 1. The van der Waals surface area contributed by atoms with Gasteiger partial charge < -0.3 is 30.7 Å². The number of piperidine rings is 1. The first-order valence-electron chi connectivity index (χ1n) is 15.8. The van der Waals surface area contributed by atoms with Gasteiger partial charge in [0.25, 0.3) is 0 Å². The molecular weight excluding hydrogens is 556 g/mol. The van der Waals surface area contributed by atoms with Gasteiger partial charge in [-0.1, -0.05) is 31.4 Å². The van der Waals surface area contributed by atoms with E-state index >= 15 is 0 Å². The van der Waals surface area contributed by atoms with Crippen LogP contribution < -0.4 is 32.3 Å². The van der Waals surface area contributed by atoms with E-state index in [0.717, 1.165) is 45.1 Å². The number of carbonyl (C=O) groups is 4. The second-order valence-electron chi connectivity index (χ2n) is 13.5. The Kier molecular flexibility index (Phi) is 9.61. The highest BCUT2D eigenvalue weighted by atomic mass is 16.6. The second kappa shape index (κ2) is 13.1. The molecule has 14 nitrogen and oxygen atoms in total. The molecule has 0 bridgehead atoms. The zero-order valence-corrected chi connectivity index (χ0v) is 25.5. The molecule has 5 aliphatic rings. The van der Waals surface area contributed by atoms with Gasteiger partial charge in [-0.3, -0.25) is 9.59 Å². The molecule has 0 aromatic heterocycles. The van der Waals surface area contributed by atoms with Crippen molar-refractivity contribution in [2.45, 2.75) is 126 Å². The Morgan fingerprint density at radius 3 is 2.63 bits per heavy atom. The van der Waals surface area contributed by atoms with Crippen LogP contribution in [0.2, 0.25) is 0 Å². The lowest BCUT2D eigenvalue weighted by molar-refractivity contribution is -0.145. The third kappa shape index (κ3) is 7.48. The van der Waals surface area contributed by atoms with Crippen LogP contribution in [-0.4, -0.2) is 93.6 Å². The summed E-state index contributed by atoms with van der Waals surface area (Å²) in [5, 5.41) is 21.0. The summed E-state index contributed by atoms with van der Waals surface area (Å²) in [5.41, 5.74) is 7.76. The van der Waals surface area contributed by atoms with Gasteiger partial charge in [0.05, 0.1) is 6.04 Å². The highest BCUT2D eigenvalue weighted by Gasteiger charge is 2.61. The Bertz CT molecular complexity index is 1090. The highest BCUT2D eigenvalue weighted by Crippen LogP contribution is 2.45. The number of hydrazine groups is 3. The molecule has 0 aromatic carbocycles. The molecular formula is C29H48N8O6. The monoisotopic (exact) mass is 604 g/mol. The zero-order chi connectivity index (χ0) is 30.8. The van der Waals surface area contributed by atoms with Crippen molar-refractivity contribution < 1.29 is 29.0 Å². The van der Waals surface area contributed by atoms with Crippen LogP contribution in [0.3, 0.4) is 0 Å². The van der Waals surface area contributed by atoms with Gasteiger partial charge in [-0.05, 0) is 72.3 Å². The van der Waals surface area contributed by atoms with E-state index in [0.29, 0.717) is 19.3 Å². The lowest BCUT2D eigenvalue weighted by Crippen LogP contribution is -2.56. The van der Waals surface area contributed by atoms with E-state index in [-0.39, 0.29) is 43.0 Å². The number of amides is 3. The largest absolute Gasteiger partial charge is 0.479 e. The molecule has 1 aliphatic carbocycles. The summed E-state index contributed by atoms with van der Waals surface area (Å²) in [7, 11) is 0. The third-order valence-corrected chi connectivity index (χ3v) is 9.06. The Hall–Kier alpha value is -2.78. The average Bonchev–Trinajstić information content (AvgIpc) is 3.28. The Labute approximate surface area is 253 Å². The molecule has 4 fully saturated rings. The molecule has 3 saturated heterocycles. The maximum atomic E-state index is 14.2. The summed E-state index contributed by atoms with van der Waals surface area (Å²) in [6.07, 6.45) is 10.6. The molecule has 240 valence electrons. The van der Waals surface area contributed by atoms with Crippen LogP contribution in [0.5, 0.6) is 0 Å². The molecule has 43 heavy (non-hydrogen) atoms. The van der Waals surface area contributed by atoms with Crippen molar-refractivity contribution in [1.29, 1.82) is 0 Å². The molecule has 0 spiro atoms. The van der Waals surface area contributed by atoms with E-state index in [4.69, 9.17) is 4.74 Å². The molecule has 2 unspecified atom stereocenters. The molecule has 14 heteroatoms. The number of fused-ring (bicyclic) bond motifs is 2. The van der Waals surface area contributed by atoms with Crippen molar-refractivity contribution in [2.24, 2.45) is 5.92 Å². The van der Waals surface area contributed by atoms with Crippen molar-refractivity contribution >= 4 is 23.9 Å². The first-order chi connectivity index (χ1) is 20.5. The van der Waals surface area contributed by atoms with Crippen molar-refractivity contribution in [1.82, 2.24) is 42.4 Å². The number of rotatable bonds is 4. The molecule has 5 rings (SSSR count). The Morgan fingerprint density at radius 2 is 1.91 bits per heavy atom. The lowest BCUT2D eigenvalue weighted by Gasteiger charge is -2.30. The number of nitrogens with zero attached hydrogens (tertiary/aromatic N) is 2. The lowest BCUT2D eigenvalue weighted by atomic mass is 10.0. The summed E-state index contributed by atoms with van der Waals surface area (Å²) in [5.74, 6) is -2.25. The molecule has 1 saturated carbocycles. The van der Waals surface area contributed by atoms with Gasteiger partial charge in [-0.15, -0.1) is 0 Å². The van der Waals surface area contributed by atoms with Crippen LogP contribution >= 0.6 is 0 Å². The van der Waals surface area contributed by atoms with Crippen LogP contribution in [0.25, 0.3) is 0 Å². The van der Waals surface area contributed by atoms with Gasteiger partial charge in [0.1, 0.15) is 29.4 Å². The molecule has 0 radical (unpaired) electrons. The van der Waals surface area contributed by atoms with Crippen LogP contribution in [-0.2, 0) is 19.1 Å². The van der Waals surface area contributed by atoms with E-state index < -0.39 is 41.2 Å². The molecule has 7 N–H and O–H groups in total. The van der Waals surface area contributed by atoms with E-state index in [1.165, 1.54) is 4.90 Å². The quantitative estimate of drug-likeness (QED) is 0.224. The fraction of sp³-hybridized carbons (Fsp3) is 0.793. The second-order valence-corrected chi connectivity index (χ2v) is 13.5. The maximum Gasteiger partial charge on any atom is 0.408 e. The standard InChI is InChI=1S/C29H48N8O6/c1-28(2,3)43-27(42)31-21-13-8-6-4-5-7-11-18-16-29(18,26(40)41)32-24(38)22-15-19(17-36(22)25(21)39)37-34-23(33-35-37)20-12-9-10-14-30-20/h7,11,18-23,30,33-35H,4-6,8-10,12-17H2,1-3H3,(H,31,42)(H,32,38)(H,40,41)/b11-7-/t18-,19+,20?,21-,22+,23?,29+/m1/s1. The molecule has 4 aliphatic heterocycles. The fourth-order valence-electron chi connectivity index (χ4n) is 6.62. The highest BCUT2D eigenvalue weighted by molar-refractivity contribution is 5.96. The number of carboxylic acids is 1. The van der Waals surface area contributed by atoms with Gasteiger partial charge >= 0.3 is 12.1 Å². The number of hydrogen-bond donors (Lipinski definition) is 7. The van der Waals surface area contributed by atoms with Crippen LogP contribution in [0.1, 0.15) is 85.0 Å². The maximum absolute atomic E-state index is 14.2. The minimum absolute atomic E-state index is 0.0706. The molecule has 0 aromatic rings. The smallest absolute Gasteiger partial charge is 0.408 e. The molecule has 3 amide bonds. The van der Waals surface area contributed by atoms with Crippen molar-refractivity contribution in [3.8, 4) is 0 Å². The molecule has 4 heterocycles.